The van der Waals surface area contributed by atoms with Crippen LogP contribution in [0.4, 0.5) is 0 Å². The van der Waals surface area contributed by atoms with Gasteiger partial charge in [0.05, 0.1) is 4.88 Å². The molecule has 1 heterocycles. The summed E-state index contributed by atoms with van der Waals surface area (Å²) in [7, 11) is 0. The third-order valence-electron chi connectivity index (χ3n) is 0.847. The molecule has 0 spiro atoms. The highest BCUT2D eigenvalue weighted by Crippen LogP contribution is 2.07. The van der Waals surface area contributed by atoms with Crippen LogP contribution in [0.3, 0.4) is 0 Å². The van der Waals surface area contributed by atoms with Gasteiger partial charge in [-0.1, -0.05) is 18.3 Å². The Morgan fingerprint density at radius 3 is 3.00 bits per heavy atom. The minimum absolute atomic E-state index is 0.380. The fourth-order valence-corrected chi connectivity index (χ4v) is 1.29. The highest BCUT2D eigenvalue weighted by molar-refractivity contribution is 7.81. The van der Waals surface area contributed by atoms with E-state index in [4.69, 9.17) is 17.4 Å². The predicted octanol–water partition coefficient (Wildman–Crippen LogP) is 1.40. The lowest BCUT2D eigenvalue weighted by Crippen LogP contribution is -2.15. The van der Waals surface area contributed by atoms with Crippen LogP contribution in [-0.2, 0) is 0 Å². The molecule has 0 radical (unpaired) electrons. The third kappa shape index (κ3) is 1.48. The summed E-state index contributed by atoms with van der Waals surface area (Å²) >= 11 is 6.22. The summed E-state index contributed by atoms with van der Waals surface area (Å²) in [6.07, 6.45) is 0. The van der Waals surface area contributed by atoms with Crippen LogP contribution in [0.25, 0.3) is 0 Å². The van der Waals surface area contributed by atoms with Crippen LogP contribution in [0.2, 0.25) is 0 Å². The summed E-state index contributed by atoms with van der Waals surface area (Å²) in [6, 6.07) is 3.72. The molecular formula is C5H5NOS2. The summed E-state index contributed by atoms with van der Waals surface area (Å²) < 4.78 is 0. The lowest BCUT2D eigenvalue weighted by atomic mass is 10.5. The Balaban J connectivity index is 2.77. The molecule has 1 aromatic heterocycles. The monoisotopic (exact) mass is 159 g/mol. The van der Waals surface area contributed by atoms with Gasteiger partial charge in [-0.05, 0) is 11.4 Å². The maximum absolute atomic E-state index is 8.32. The lowest BCUT2D eigenvalue weighted by molar-refractivity contribution is 0.238. The normalized spacial score (nSPS) is 9.00. The fraction of sp³-hybridized carbons (Fsp3) is 0. The topological polar surface area (TPSA) is 32.3 Å². The number of hydrogen-bond donors (Lipinski definition) is 2. The van der Waals surface area contributed by atoms with Crippen LogP contribution in [-0.4, -0.2) is 10.2 Å². The quantitative estimate of drug-likeness (QED) is 0.480. The van der Waals surface area contributed by atoms with E-state index in [0.717, 1.165) is 4.88 Å². The van der Waals surface area contributed by atoms with E-state index in [1.54, 1.807) is 0 Å². The van der Waals surface area contributed by atoms with Gasteiger partial charge in [0.25, 0.3) is 0 Å². The highest BCUT2D eigenvalue weighted by atomic mass is 32.1. The summed E-state index contributed by atoms with van der Waals surface area (Å²) in [6.45, 7) is 0. The van der Waals surface area contributed by atoms with Gasteiger partial charge in [-0.15, -0.1) is 11.3 Å². The minimum Gasteiger partial charge on any atom is -0.290 e. The van der Waals surface area contributed by atoms with Gasteiger partial charge in [-0.25, -0.2) is 0 Å². The van der Waals surface area contributed by atoms with E-state index in [-0.39, 0.29) is 0 Å². The lowest BCUT2D eigenvalue weighted by Gasteiger charge is -1.93. The Morgan fingerprint density at radius 2 is 2.56 bits per heavy atom. The molecule has 0 saturated carbocycles. The summed E-state index contributed by atoms with van der Waals surface area (Å²) in [5.74, 6) is 0. The molecule has 0 aliphatic rings. The molecule has 4 heteroatoms. The molecule has 0 unspecified atom stereocenters. The van der Waals surface area contributed by atoms with Gasteiger partial charge in [0.15, 0.2) is 0 Å². The first kappa shape index (κ1) is 6.67. The smallest absolute Gasteiger partial charge is 0.140 e. The summed E-state index contributed by atoms with van der Waals surface area (Å²) in [4.78, 5) is 1.26. The highest BCUT2D eigenvalue weighted by Gasteiger charge is 1.96. The number of thiophene rings is 1. The van der Waals surface area contributed by atoms with Crippen molar-refractivity contribution in [2.24, 2.45) is 0 Å². The van der Waals surface area contributed by atoms with Gasteiger partial charge in [0.2, 0.25) is 0 Å². The molecule has 9 heavy (non-hydrogen) atoms. The zero-order valence-corrected chi connectivity index (χ0v) is 6.13. The van der Waals surface area contributed by atoms with Crippen LogP contribution in [0.15, 0.2) is 17.5 Å². The van der Waals surface area contributed by atoms with E-state index < -0.39 is 0 Å². The Hall–Kier alpha value is -0.450. The first-order chi connectivity index (χ1) is 4.34. The summed E-state index contributed by atoms with van der Waals surface area (Å²) in [5, 5.41) is 10.2. The van der Waals surface area contributed by atoms with Gasteiger partial charge in [-0.3, -0.25) is 10.7 Å². The van der Waals surface area contributed by atoms with Crippen molar-refractivity contribution in [2.75, 3.05) is 0 Å². The second-order valence-corrected chi connectivity index (χ2v) is 2.77. The van der Waals surface area contributed by atoms with E-state index in [0.29, 0.717) is 4.99 Å². The van der Waals surface area contributed by atoms with E-state index in [2.05, 4.69) is 0 Å². The second kappa shape index (κ2) is 2.91. The first-order valence-corrected chi connectivity index (χ1v) is 3.61. The molecule has 2 nitrogen and oxygen atoms in total. The Labute approximate surface area is 62.1 Å². The van der Waals surface area contributed by atoms with Crippen molar-refractivity contribution in [2.45, 2.75) is 0 Å². The molecule has 1 aromatic rings. The Morgan fingerprint density at radius 1 is 1.78 bits per heavy atom. The van der Waals surface area contributed by atoms with E-state index in [9.17, 15) is 0 Å². The first-order valence-electron chi connectivity index (χ1n) is 2.32. The fourth-order valence-electron chi connectivity index (χ4n) is 0.463. The Kier molecular flexibility index (Phi) is 2.16. The predicted molar refractivity (Wildman–Crippen MR) is 40.9 cm³/mol. The van der Waals surface area contributed by atoms with E-state index in [1.165, 1.54) is 11.3 Å². The van der Waals surface area contributed by atoms with Crippen LogP contribution < -0.4 is 5.48 Å². The summed E-state index contributed by atoms with van der Waals surface area (Å²) in [5.41, 5.74) is 1.91. The third-order valence-corrected chi connectivity index (χ3v) is 2.17. The molecule has 1 rings (SSSR count). The second-order valence-electron chi connectivity index (χ2n) is 1.42. The van der Waals surface area contributed by atoms with E-state index >= 15 is 0 Å². The SMILES string of the molecule is ONC(=S)c1cccs1. The number of nitrogens with one attached hydrogen (secondary N) is 1. The molecule has 0 fully saturated rings. The van der Waals surface area contributed by atoms with Gasteiger partial charge in [0.1, 0.15) is 4.99 Å². The largest absolute Gasteiger partial charge is 0.290 e. The number of hydroxylamine groups is 1. The van der Waals surface area contributed by atoms with Crippen LogP contribution in [0.1, 0.15) is 4.88 Å². The van der Waals surface area contributed by atoms with Gasteiger partial charge in [-0.2, -0.15) is 0 Å². The molecular weight excluding hydrogens is 154 g/mol. The van der Waals surface area contributed by atoms with Crippen LogP contribution >= 0.6 is 23.6 Å². The van der Waals surface area contributed by atoms with Crippen molar-refractivity contribution in [3.8, 4) is 0 Å². The molecule has 0 aliphatic carbocycles. The number of rotatable bonds is 1. The average molecular weight is 159 g/mol. The van der Waals surface area contributed by atoms with Gasteiger partial charge < -0.3 is 0 Å². The van der Waals surface area contributed by atoms with Crippen molar-refractivity contribution in [3.05, 3.63) is 22.4 Å². The minimum atomic E-state index is 0.380. The van der Waals surface area contributed by atoms with Crippen molar-refractivity contribution in [1.29, 1.82) is 0 Å². The molecule has 0 amide bonds. The molecule has 0 atom stereocenters. The molecule has 0 aromatic carbocycles. The molecule has 0 bridgehead atoms. The zero-order valence-electron chi connectivity index (χ0n) is 4.50. The molecule has 0 aliphatic heterocycles. The molecule has 2 N–H and O–H groups in total. The average Bonchev–Trinajstić information content (AvgIpc) is 2.37. The molecule has 48 valence electrons. The van der Waals surface area contributed by atoms with Crippen LogP contribution in [0, 0.1) is 0 Å². The standard InChI is InChI=1S/C5H5NOS2/c7-6-5(8)4-2-1-3-9-4/h1-3,7H,(H,6,8). The van der Waals surface area contributed by atoms with Crippen LogP contribution in [0.5, 0.6) is 0 Å². The van der Waals surface area contributed by atoms with E-state index in [1.807, 2.05) is 23.0 Å². The van der Waals surface area contributed by atoms with Crippen molar-refractivity contribution in [3.63, 3.8) is 0 Å². The van der Waals surface area contributed by atoms with Crippen molar-refractivity contribution < 1.29 is 5.21 Å². The van der Waals surface area contributed by atoms with Crippen molar-refractivity contribution >= 4 is 28.5 Å². The maximum atomic E-state index is 8.32. The zero-order chi connectivity index (χ0) is 6.69. The van der Waals surface area contributed by atoms with Crippen molar-refractivity contribution in [1.82, 2.24) is 5.48 Å². The number of thiocarbonyl (C=S) groups is 1. The van der Waals surface area contributed by atoms with Gasteiger partial charge >= 0.3 is 0 Å². The molecule has 0 saturated heterocycles. The Bertz CT molecular complexity index is 195. The number of hydrogen-bond acceptors (Lipinski definition) is 3. The van der Waals surface area contributed by atoms with Gasteiger partial charge in [0, 0.05) is 0 Å². The maximum Gasteiger partial charge on any atom is 0.140 e.